The van der Waals surface area contributed by atoms with Gasteiger partial charge in [-0.2, -0.15) is 5.10 Å². The highest BCUT2D eigenvalue weighted by Gasteiger charge is 2.27. The molecule has 1 aliphatic carbocycles. The number of hydrogen-bond acceptors (Lipinski definition) is 3. The monoisotopic (exact) mass is 269 g/mol. The number of halogens is 1. The third-order valence-electron chi connectivity index (χ3n) is 2.89. The van der Waals surface area contributed by atoms with Gasteiger partial charge >= 0.3 is 0 Å². The lowest BCUT2D eigenvalue weighted by molar-refractivity contribution is 0.338. The number of aryl methyl sites for hydroxylation is 1. The van der Waals surface area contributed by atoms with Gasteiger partial charge in [0.25, 0.3) is 0 Å². The molecule has 1 aromatic rings. The van der Waals surface area contributed by atoms with Crippen LogP contribution in [0.15, 0.2) is 12.1 Å². The zero-order chi connectivity index (χ0) is 10.8. The molecule has 0 amide bonds. The molecule has 0 aliphatic heterocycles. The van der Waals surface area contributed by atoms with Crippen molar-refractivity contribution >= 4 is 21.7 Å². The molecule has 1 aliphatic rings. The summed E-state index contributed by atoms with van der Waals surface area (Å²) >= 11 is 3.61. The molecule has 0 N–H and O–H groups in total. The van der Waals surface area contributed by atoms with Gasteiger partial charge in [0.2, 0.25) is 0 Å². The molecule has 82 valence electrons. The van der Waals surface area contributed by atoms with Crippen LogP contribution in [0.1, 0.15) is 18.5 Å². The predicted octanol–water partition coefficient (Wildman–Crippen LogP) is 2.39. The minimum atomic E-state index is 0.736. The average Bonchev–Trinajstić information content (AvgIpc) is 2.16. The van der Waals surface area contributed by atoms with Crippen LogP contribution in [0, 0.1) is 12.8 Å². The third-order valence-corrected chi connectivity index (χ3v) is 3.63. The van der Waals surface area contributed by atoms with Crippen molar-refractivity contribution in [2.45, 2.75) is 24.6 Å². The largest absolute Gasteiger partial charge is 0.358 e. The smallest absolute Gasteiger partial charge is 0.150 e. The van der Waals surface area contributed by atoms with E-state index < -0.39 is 0 Å². The second kappa shape index (κ2) is 4.47. The number of anilines is 1. The van der Waals surface area contributed by atoms with E-state index in [0.29, 0.717) is 0 Å². The van der Waals surface area contributed by atoms with E-state index in [1.165, 1.54) is 12.8 Å². The topological polar surface area (TPSA) is 29.0 Å². The van der Waals surface area contributed by atoms with Gasteiger partial charge in [-0.3, -0.25) is 0 Å². The van der Waals surface area contributed by atoms with Gasteiger partial charge in [-0.1, -0.05) is 15.9 Å². The van der Waals surface area contributed by atoms with E-state index in [0.717, 1.165) is 28.8 Å². The van der Waals surface area contributed by atoms with E-state index in [9.17, 15) is 0 Å². The summed E-state index contributed by atoms with van der Waals surface area (Å²) in [6.45, 7) is 3.04. The lowest BCUT2D eigenvalue weighted by Gasteiger charge is -2.34. The molecule has 0 atom stereocenters. The molecule has 1 aromatic heterocycles. The summed E-state index contributed by atoms with van der Waals surface area (Å²) in [5.41, 5.74) is 0.969. The zero-order valence-electron chi connectivity index (χ0n) is 9.15. The lowest BCUT2D eigenvalue weighted by Crippen LogP contribution is -2.35. The predicted molar refractivity (Wildman–Crippen MR) is 65.5 cm³/mol. The molecule has 1 saturated carbocycles. The Morgan fingerprint density at radius 3 is 2.67 bits per heavy atom. The van der Waals surface area contributed by atoms with Crippen LogP contribution in [0.2, 0.25) is 0 Å². The van der Waals surface area contributed by atoms with Crippen molar-refractivity contribution in [1.82, 2.24) is 10.2 Å². The Kier molecular flexibility index (Phi) is 3.24. The Morgan fingerprint density at radius 1 is 1.40 bits per heavy atom. The van der Waals surface area contributed by atoms with Gasteiger partial charge < -0.3 is 4.90 Å². The van der Waals surface area contributed by atoms with Crippen LogP contribution in [0.25, 0.3) is 0 Å². The van der Waals surface area contributed by atoms with E-state index >= 15 is 0 Å². The zero-order valence-corrected chi connectivity index (χ0v) is 10.7. The van der Waals surface area contributed by atoms with Crippen LogP contribution in [0.4, 0.5) is 5.82 Å². The molecule has 1 heterocycles. The average molecular weight is 270 g/mol. The summed E-state index contributed by atoms with van der Waals surface area (Å²) < 4.78 is 0. The van der Waals surface area contributed by atoms with Gasteiger partial charge in [0, 0.05) is 18.4 Å². The first-order chi connectivity index (χ1) is 7.15. The van der Waals surface area contributed by atoms with Gasteiger partial charge in [0.1, 0.15) is 0 Å². The van der Waals surface area contributed by atoms with Crippen molar-refractivity contribution < 1.29 is 0 Å². The molecule has 2 rings (SSSR count). The van der Waals surface area contributed by atoms with Gasteiger partial charge in [0.15, 0.2) is 5.82 Å². The van der Waals surface area contributed by atoms with Crippen LogP contribution in [-0.4, -0.2) is 28.6 Å². The van der Waals surface area contributed by atoms with Gasteiger partial charge in [-0.15, -0.1) is 5.10 Å². The molecule has 0 spiro atoms. The summed E-state index contributed by atoms with van der Waals surface area (Å²) in [4.78, 5) is 2.93. The van der Waals surface area contributed by atoms with Gasteiger partial charge in [-0.25, -0.2) is 0 Å². The molecule has 1 fully saturated rings. The quantitative estimate of drug-likeness (QED) is 0.790. The summed E-state index contributed by atoms with van der Waals surface area (Å²) in [5.74, 6) is 1.78. The first-order valence-corrected chi connectivity index (χ1v) is 6.22. The van der Waals surface area contributed by atoms with E-state index in [1.54, 1.807) is 0 Å². The highest BCUT2D eigenvalue weighted by molar-refractivity contribution is 9.09. The molecule has 0 aromatic carbocycles. The van der Waals surface area contributed by atoms with Crippen LogP contribution in [0.3, 0.4) is 0 Å². The normalized spacial score (nSPS) is 24.7. The Hall–Kier alpha value is -0.640. The summed E-state index contributed by atoms with van der Waals surface area (Å²) in [6, 6.07) is 4.04. The van der Waals surface area contributed by atoms with Crippen LogP contribution < -0.4 is 4.90 Å². The number of nitrogens with zero attached hydrogens (tertiary/aromatic N) is 3. The fraction of sp³-hybridized carbons (Fsp3) is 0.636. The lowest BCUT2D eigenvalue weighted by atomic mass is 9.85. The summed E-state index contributed by atoms with van der Waals surface area (Å²) in [6.07, 6.45) is 2.56. The van der Waals surface area contributed by atoms with Crippen LogP contribution in [-0.2, 0) is 0 Å². The summed E-state index contributed by atoms with van der Waals surface area (Å²) in [5, 5.41) is 8.24. The molecule has 15 heavy (non-hydrogen) atoms. The molecule has 0 radical (unpaired) electrons. The Labute approximate surface area is 99.0 Å². The number of hydrogen-bond donors (Lipinski definition) is 0. The second-order valence-electron chi connectivity index (χ2n) is 4.35. The van der Waals surface area contributed by atoms with Crippen molar-refractivity contribution in [3.05, 3.63) is 17.8 Å². The molecule has 4 heteroatoms. The van der Waals surface area contributed by atoms with Crippen molar-refractivity contribution in [1.29, 1.82) is 0 Å². The van der Waals surface area contributed by atoms with E-state index in [4.69, 9.17) is 0 Å². The molecule has 0 unspecified atom stereocenters. The van der Waals surface area contributed by atoms with Crippen LogP contribution >= 0.6 is 15.9 Å². The minimum absolute atomic E-state index is 0.736. The van der Waals surface area contributed by atoms with Crippen LogP contribution in [0.5, 0.6) is 0 Å². The first kappa shape index (κ1) is 10.9. The minimum Gasteiger partial charge on any atom is -0.358 e. The SMILES string of the molecule is Cc1ccc(N(C)CC2CC(Br)C2)nn1. The van der Waals surface area contributed by atoms with Gasteiger partial charge in [-0.05, 0) is 37.8 Å². The van der Waals surface area contributed by atoms with E-state index in [1.807, 2.05) is 19.1 Å². The van der Waals surface area contributed by atoms with Crippen molar-refractivity contribution in [3.8, 4) is 0 Å². The number of aromatic nitrogens is 2. The standard InChI is InChI=1S/C11H16BrN3/c1-8-3-4-11(14-13-8)15(2)7-9-5-10(12)6-9/h3-4,9-10H,5-7H2,1-2H3. The highest BCUT2D eigenvalue weighted by Crippen LogP contribution is 2.34. The Morgan fingerprint density at radius 2 is 2.13 bits per heavy atom. The van der Waals surface area contributed by atoms with Gasteiger partial charge in [0.05, 0.1) is 5.69 Å². The molecule has 0 bridgehead atoms. The molecular formula is C11H16BrN3. The van der Waals surface area contributed by atoms with E-state index in [2.05, 4.69) is 38.1 Å². The molecule has 3 nitrogen and oxygen atoms in total. The maximum atomic E-state index is 4.17. The number of rotatable bonds is 3. The maximum Gasteiger partial charge on any atom is 0.150 e. The second-order valence-corrected chi connectivity index (χ2v) is 5.64. The number of alkyl halides is 1. The Balaban J connectivity index is 1.90. The van der Waals surface area contributed by atoms with Crippen molar-refractivity contribution in [2.24, 2.45) is 5.92 Å². The third kappa shape index (κ3) is 2.68. The fourth-order valence-electron chi connectivity index (χ4n) is 1.88. The maximum absolute atomic E-state index is 4.17. The molecule has 0 saturated heterocycles. The first-order valence-electron chi connectivity index (χ1n) is 5.30. The van der Waals surface area contributed by atoms with Crippen molar-refractivity contribution in [3.63, 3.8) is 0 Å². The Bertz CT molecular complexity index is 319. The summed E-state index contributed by atoms with van der Waals surface area (Å²) in [7, 11) is 2.08. The van der Waals surface area contributed by atoms with Crippen molar-refractivity contribution in [2.75, 3.05) is 18.5 Å². The molecular weight excluding hydrogens is 254 g/mol. The fourth-order valence-corrected chi connectivity index (χ4v) is 2.94. The highest BCUT2D eigenvalue weighted by atomic mass is 79.9. The van der Waals surface area contributed by atoms with E-state index in [-0.39, 0.29) is 0 Å².